The van der Waals surface area contributed by atoms with Gasteiger partial charge in [0.2, 0.25) is 5.78 Å². The van der Waals surface area contributed by atoms with Crippen molar-refractivity contribution in [1.82, 2.24) is 0 Å². The molecule has 26 heavy (non-hydrogen) atoms. The molecule has 1 N–H and O–H groups in total. The lowest BCUT2D eigenvalue weighted by atomic mass is 10.1. The fraction of sp³-hybridized carbons (Fsp3) is 0.0500. The Morgan fingerprint density at radius 2 is 1.73 bits per heavy atom. The fourth-order valence-corrected chi connectivity index (χ4v) is 3.41. The molecule has 0 aliphatic rings. The first-order valence-electron chi connectivity index (χ1n) is 7.90. The Morgan fingerprint density at radius 1 is 1.00 bits per heavy atom. The number of benzene rings is 2. The highest BCUT2D eigenvalue weighted by Crippen LogP contribution is 2.22. The Balaban J connectivity index is 1.85. The van der Waals surface area contributed by atoms with E-state index in [1.54, 1.807) is 66.7 Å². The molecule has 1 aromatic heterocycles. The fourth-order valence-electron chi connectivity index (χ4n) is 2.32. The Bertz CT molecular complexity index is 1030. The second-order valence-electron chi connectivity index (χ2n) is 5.68. The number of carbonyl (C=O) groups is 1. The highest BCUT2D eigenvalue weighted by atomic mass is 32.2. The van der Waals surface area contributed by atoms with Crippen molar-refractivity contribution in [2.45, 2.75) is 11.8 Å². The SMILES string of the molecule is Cc1ccc(S(=O)(=O)Nc2ccccc2/C=C/C(=O)c2ccco2)cc1. The number of hydrogen-bond donors (Lipinski definition) is 1. The second-order valence-corrected chi connectivity index (χ2v) is 7.36. The summed E-state index contributed by atoms with van der Waals surface area (Å²) in [6.07, 6.45) is 4.32. The Kier molecular flexibility index (Phi) is 5.04. The van der Waals surface area contributed by atoms with Crippen molar-refractivity contribution in [2.75, 3.05) is 4.72 Å². The normalized spacial score (nSPS) is 11.6. The van der Waals surface area contributed by atoms with E-state index in [9.17, 15) is 13.2 Å². The number of rotatable bonds is 6. The molecule has 0 aliphatic carbocycles. The summed E-state index contributed by atoms with van der Waals surface area (Å²) in [6, 6.07) is 16.6. The summed E-state index contributed by atoms with van der Waals surface area (Å²) in [5, 5.41) is 0. The van der Waals surface area contributed by atoms with Crippen molar-refractivity contribution in [3.63, 3.8) is 0 Å². The summed E-state index contributed by atoms with van der Waals surface area (Å²) >= 11 is 0. The van der Waals surface area contributed by atoms with E-state index in [1.807, 2.05) is 6.92 Å². The van der Waals surface area contributed by atoms with Crippen LogP contribution < -0.4 is 4.72 Å². The molecular formula is C20H17NO4S. The number of sulfonamides is 1. The highest BCUT2D eigenvalue weighted by Gasteiger charge is 2.15. The van der Waals surface area contributed by atoms with Crippen molar-refractivity contribution in [3.05, 3.63) is 89.9 Å². The summed E-state index contributed by atoms with van der Waals surface area (Å²) in [4.78, 5) is 12.2. The van der Waals surface area contributed by atoms with Crippen LogP contribution in [0.2, 0.25) is 0 Å². The van der Waals surface area contributed by atoms with Crippen LogP contribution in [-0.2, 0) is 10.0 Å². The molecule has 3 aromatic rings. The maximum absolute atomic E-state index is 12.6. The average Bonchev–Trinajstić information content (AvgIpc) is 3.15. The average molecular weight is 367 g/mol. The van der Waals surface area contributed by atoms with E-state index in [2.05, 4.69) is 4.72 Å². The molecular weight excluding hydrogens is 350 g/mol. The lowest BCUT2D eigenvalue weighted by Gasteiger charge is -2.11. The molecule has 3 rings (SSSR count). The molecule has 0 saturated heterocycles. The third kappa shape index (κ3) is 4.10. The number of allylic oxidation sites excluding steroid dienone is 1. The minimum Gasteiger partial charge on any atom is -0.461 e. The van der Waals surface area contributed by atoms with Gasteiger partial charge in [-0.25, -0.2) is 8.42 Å². The Morgan fingerprint density at radius 3 is 2.42 bits per heavy atom. The number of aryl methyl sites for hydroxylation is 1. The van der Waals surface area contributed by atoms with Crippen LogP contribution in [0.25, 0.3) is 6.08 Å². The zero-order chi connectivity index (χ0) is 18.6. The zero-order valence-electron chi connectivity index (χ0n) is 14.0. The van der Waals surface area contributed by atoms with Gasteiger partial charge < -0.3 is 4.42 Å². The largest absolute Gasteiger partial charge is 0.461 e. The topological polar surface area (TPSA) is 76.4 Å². The second kappa shape index (κ2) is 7.41. The maximum Gasteiger partial charge on any atom is 0.261 e. The number of hydrogen-bond acceptors (Lipinski definition) is 4. The van der Waals surface area contributed by atoms with E-state index in [4.69, 9.17) is 4.42 Å². The maximum atomic E-state index is 12.6. The molecule has 0 aliphatic heterocycles. The minimum absolute atomic E-state index is 0.175. The molecule has 2 aromatic carbocycles. The van der Waals surface area contributed by atoms with E-state index >= 15 is 0 Å². The van der Waals surface area contributed by atoms with Gasteiger partial charge in [0.05, 0.1) is 16.8 Å². The molecule has 6 heteroatoms. The first kappa shape index (κ1) is 17.7. The molecule has 0 radical (unpaired) electrons. The number of ketones is 1. The third-order valence-corrected chi connectivity index (χ3v) is 5.10. The Labute approximate surface area is 152 Å². The lowest BCUT2D eigenvalue weighted by Crippen LogP contribution is -2.13. The minimum atomic E-state index is -3.72. The van der Waals surface area contributed by atoms with Crippen molar-refractivity contribution in [1.29, 1.82) is 0 Å². The van der Waals surface area contributed by atoms with Crippen LogP contribution >= 0.6 is 0 Å². The molecule has 0 amide bonds. The molecule has 0 atom stereocenters. The smallest absolute Gasteiger partial charge is 0.261 e. The number of anilines is 1. The van der Waals surface area contributed by atoms with Gasteiger partial charge >= 0.3 is 0 Å². The monoisotopic (exact) mass is 367 g/mol. The molecule has 0 unspecified atom stereocenters. The van der Waals surface area contributed by atoms with E-state index < -0.39 is 10.0 Å². The van der Waals surface area contributed by atoms with Crippen LogP contribution in [0, 0.1) is 6.92 Å². The van der Waals surface area contributed by atoms with Gasteiger partial charge in [0.25, 0.3) is 10.0 Å². The van der Waals surface area contributed by atoms with Gasteiger partial charge in [-0.15, -0.1) is 0 Å². The van der Waals surface area contributed by atoms with Gasteiger partial charge in [-0.3, -0.25) is 9.52 Å². The van der Waals surface area contributed by atoms with E-state index in [0.717, 1.165) is 5.56 Å². The highest BCUT2D eigenvalue weighted by molar-refractivity contribution is 7.92. The van der Waals surface area contributed by atoms with E-state index in [0.29, 0.717) is 11.3 Å². The van der Waals surface area contributed by atoms with E-state index in [1.165, 1.54) is 12.3 Å². The summed E-state index contributed by atoms with van der Waals surface area (Å²) in [5.74, 6) is -0.0786. The molecule has 0 fully saturated rings. The van der Waals surface area contributed by atoms with Crippen molar-refractivity contribution >= 4 is 27.6 Å². The zero-order valence-corrected chi connectivity index (χ0v) is 14.9. The lowest BCUT2D eigenvalue weighted by molar-refractivity contribution is 0.102. The van der Waals surface area contributed by atoms with Gasteiger partial charge in [0.1, 0.15) is 0 Å². The summed E-state index contributed by atoms with van der Waals surface area (Å²) in [5.41, 5.74) is 1.93. The van der Waals surface area contributed by atoms with Crippen LogP contribution in [-0.4, -0.2) is 14.2 Å². The number of furan rings is 1. The van der Waals surface area contributed by atoms with Crippen molar-refractivity contribution in [2.24, 2.45) is 0 Å². The number of para-hydroxylation sites is 1. The van der Waals surface area contributed by atoms with Crippen molar-refractivity contribution < 1.29 is 17.6 Å². The van der Waals surface area contributed by atoms with Gasteiger partial charge in [-0.2, -0.15) is 0 Å². The summed E-state index contributed by atoms with van der Waals surface area (Å²) in [6.45, 7) is 1.89. The molecule has 132 valence electrons. The quantitative estimate of drug-likeness (QED) is 0.521. The number of carbonyl (C=O) groups excluding carboxylic acids is 1. The summed E-state index contributed by atoms with van der Waals surface area (Å²) in [7, 11) is -3.72. The molecule has 0 bridgehead atoms. The predicted octanol–water partition coefficient (Wildman–Crippen LogP) is 4.28. The van der Waals surface area contributed by atoms with E-state index in [-0.39, 0.29) is 16.4 Å². The van der Waals surface area contributed by atoms with Crippen LogP contribution in [0.5, 0.6) is 0 Å². The van der Waals surface area contributed by atoms with Crippen LogP contribution in [0.15, 0.2) is 82.3 Å². The van der Waals surface area contributed by atoms with Gasteiger partial charge in [-0.1, -0.05) is 35.9 Å². The molecule has 0 spiro atoms. The standard InChI is InChI=1S/C20H17NO4S/c1-15-8-11-17(12-9-15)26(23,24)21-18-6-3-2-5-16(18)10-13-19(22)20-7-4-14-25-20/h2-14,21H,1H3/b13-10+. The van der Waals surface area contributed by atoms with Crippen LogP contribution in [0.3, 0.4) is 0 Å². The van der Waals surface area contributed by atoms with Gasteiger partial charge in [-0.05, 0) is 55.0 Å². The first-order valence-corrected chi connectivity index (χ1v) is 9.38. The molecule has 1 heterocycles. The van der Waals surface area contributed by atoms with Crippen LogP contribution in [0.4, 0.5) is 5.69 Å². The molecule has 0 saturated carbocycles. The first-order chi connectivity index (χ1) is 12.5. The summed E-state index contributed by atoms with van der Waals surface area (Å²) < 4.78 is 32.8. The van der Waals surface area contributed by atoms with Gasteiger partial charge in [0.15, 0.2) is 5.76 Å². The van der Waals surface area contributed by atoms with Crippen LogP contribution in [0.1, 0.15) is 21.7 Å². The predicted molar refractivity (Wildman–Crippen MR) is 101 cm³/mol. The molecule has 5 nitrogen and oxygen atoms in total. The third-order valence-electron chi connectivity index (χ3n) is 3.71. The van der Waals surface area contributed by atoms with Crippen molar-refractivity contribution in [3.8, 4) is 0 Å². The Hall–Kier alpha value is -3.12. The van der Waals surface area contributed by atoms with Gasteiger partial charge in [0, 0.05) is 0 Å². The number of nitrogens with one attached hydrogen (secondary N) is 1.